The maximum absolute atomic E-state index is 12.2. The molecule has 0 saturated heterocycles. The van der Waals surface area contributed by atoms with Gasteiger partial charge in [0, 0.05) is 24.1 Å². The fourth-order valence-corrected chi connectivity index (χ4v) is 3.77. The van der Waals surface area contributed by atoms with Crippen molar-refractivity contribution >= 4 is 26.0 Å². The highest BCUT2D eigenvalue weighted by Gasteiger charge is 2.17. The van der Waals surface area contributed by atoms with Crippen molar-refractivity contribution in [3.05, 3.63) is 28.2 Å². The zero-order valence-corrected chi connectivity index (χ0v) is 14.5. The molecule has 0 saturated carbocycles. The van der Waals surface area contributed by atoms with Crippen molar-refractivity contribution in [2.24, 2.45) is 0 Å². The van der Waals surface area contributed by atoms with Crippen molar-refractivity contribution in [3.8, 4) is 0 Å². The fraction of sp³-hybridized carbons (Fsp3) is 0.538. The van der Waals surface area contributed by atoms with E-state index in [9.17, 15) is 8.42 Å². The van der Waals surface area contributed by atoms with Crippen LogP contribution in [0.3, 0.4) is 0 Å². The Balaban J connectivity index is 2.79. The van der Waals surface area contributed by atoms with Crippen molar-refractivity contribution in [3.63, 3.8) is 0 Å². The fourth-order valence-electron chi connectivity index (χ4n) is 1.62. The van der Waals surface area contributed by atoms with Crippen LogP contribution in [0.4, 0.5) is 0 Å². The number of benzene rings is 1. The highest BCUT2D eigenvalue weighted by atomic mass is 79.9. The lowest BCUT2D eigenvalue weighted by molar-refractivity contribution is 0.412. The molecule has 0 bridgehead atoms. The van der Waals surface area contributed by atoms with Gasteiger partial charge in [0.05, 0.1) is 4.90 Å². The molecule has 20 heavy (non-hydrogen) atoms. The summed E-state index contributed by atoms with van der Waals surface area (Å²) in [6.45, 7) is 4.69. The molecule has 1 aromatic carbocycles. The third-order valence-electron chi connectivity index (χ3n) is 2.72. The highest BCUT2D eigenvalue weighted by Crippen LogP contribution is 2.23. The first-order valence-corrected chi connectivity index (χ1v) is 8.78. The molecule has 0 spiro atoms. The summed E-state index contributed by atoms with van der Waals surface area (Å²) in [5, 5.41) is 3.21. The number of rotatable bonds is 8. The molecule has 1 rings (SSSR count). The predicted molar refractivity (Wildman–Crippen MR) is 85.3 cm³/mol. The van der Waals surface area contributed by atoms with E-state index in [1.807, 2.05) is 38.1 Å². The summed E-state index contributed by atoms with van der Waals surface area (Å²) in [6.07, 6.45) is 0. The van der Waals surface area contributed by atoms with Crippen molar-refractivity contribution in [2.45, 2.75) is 18.4 Å². The van der Waals surface area contributed by atoms with Gasteiger partial charge in [0.25, 0.3) is 0 Å². The first-order chi connectivity index (χ1) is 9.36. The minimum Gasteiger partial charge on any atom is -0.313 e. The number of likely N-dealkylation sites (N-methyl/N-ethyl adjacent to an activating group) is 1. The minimum atomic E-state index is -3.47. The van der Waals surface area contributed by atoms with Gasteiger partial charge in [-0.3, -0.25) is 0 Å². The van der Waals surface area contributed by atoms with Crippen molar-refractivity contribution < 1.29 is 8.42 Å². The molecule has 0 aromatic heterocycles. The molecule has 0 aliphatic carbocycles. The number of hydrogen-bond acceptors (Lipinski definition) is 4. The Kier molecular flexibility index (Phi) is 7.11. The van der Waals surface area contributed by atoms with Crippen LogP contribution in [0.5, 0.6) is 0 Å². The van der Waals surface area contributed by atoms with Crippen molar-refractivity contribution in [2.75, 3.05) is 33.7 Å². The van der Waals surface area contributed by atoms with E-state index in [4.69, 9.17) is 0 Å². The third-order valence-corrected chi connectivity index (χ3v) is 5.15. The lowest BCUT2D eigenvalue weighted by Gasteiger charge is -2.12. The van der Waals surface area contributed by atoms with E-state index in [1.165, 1.54) is 0 Å². The van der Waals surface area contributed by atoms with Crippen molar-refractivity contribution in [1.82, 2.24) is 14.9 Å². The first-order valence-electron chi connectivity index (χ1n) is 6.50. The Morgan fingerprint density at radius 3 is 2.55 bits per heavy atom. The molecule has 114 valence electrons. The topological polar surface area (TPSA) is 61.4 Å². The van der Waals surface area contributed by atoms with Gasteiger partial charge < -0.3 is 10.2 Å². The third kappa shape index (κ3) is 5.49. The Morgan fingerprint density at radius 2 is 2.00 bits per heavy atom. The molecule has 0 amide bonds. The average Bonchev–Trinajstić information content (AvgIpc) is 2.35. The van der Waals surface area contributed by atoms with E-state index in [0.717, 1.165) is 18.7 Å². The number of nitrogens with one attached hydrogen (secondary N) is 2. The summed E-state index contributed by atoms with van der Waals surface area (Å²) in [7, 11) is 0.337. The smallest absolute Gasteiger partial charge is 0.241 e. The molecule has 0 unspecified atom stereocenters. The first kappa shape index (κ1) is 17.6. The molecule has 0 radical (unpaired) electrons. The summed E-state index contributed by atoms with van der Waals surface area (Å²) in [5.41, 5.74) is 1.05. The molecule has 0 fully saturated rings. The average molecular weight is 364 g/mol. The van der Waals surface area contributed by atoms with Crippen LogP contribution in [0.15, 0.2) is 27.6 Å². The van der Waals surface area contributed by atoms with E-state index in [0.29, 0.717) is 17.6 Å². The maximum Gasteiger partial charge on any atom is 0.241 e. The van der Waals surface area contributed by atoms with Gasteiger partial charge in [-0.15, -0.1) is 0 Å². The molecular formula is C13H22BrN3O2S. The number of sulfonamides is 1. The molecule has 7 heteroatoms. The van der Waals surface area contributed by atoms with E-state index in [1.54, 1.807) is 6.07 Å². The minimum absolute atomic E-state index is 0.275. The van der Waals surface area contributed by atoms with Crippen molar-refractivity contribution in [1.29, 1.82) is 0 Å². The van der Waals surface area contributed by atoms with Crippen LogP contribution in [-0.4, -0.2) is 47.0 Å². The van der Waals surface area contributed by atoms with Crippen LogP contribution in [0.2, 0.25) is 0 Å². The largest absolute Gasteiger partial charge is 0.313 e. The second-order valence-electron chi connectivity index (χ2n) is 4.75. The zero-order valence-electron chi connectivity index (χ0n) is 12.1. The predicted octanol–water partition coefficient (Wildman–Crippen LogP) is 1.40. The van der Waals surface area contributed by atoms with E-state index in [-0.39, 0.29) is 4.90 Å². The normalized spacial score (nSPS) is 12.1. The van der Waals surface area contributed by atoms with Gasteiger partial charge in [0.15, 0.2) is 0 Å². The monoisotopic (exact) mass is 363 g/mol. The van der Waals surface area contributed by atoms with E-state index < -0.39 is 10.0 Å². The number of hydrogen-bond donors (Lipinski definition) is 2. The van der Waals surface area contributed by atoms with E-state index in [2.05, 4.69) is 26.0 Å². The molecule has 1 aromatic rings. The number of halogens is 1. The lowest BCUT2D eigenvalue weighted by Crippen LogP contribution is -2.31. The van der Waals surface area contributed by atoms with Crippen LogP contribution in [0.25, 0.3) is 0 Å². The second kappa shape index (κ2) is 8.09. The molecule has 0 heterocycles. The molecule has 0 aliphatic rings. The summed E-state index contributed by atoms with van der Waals surface area (Å²) < 4.78 is 27.6. The standard InChI is InChI=1S/C13H22BrN3O2S/c1-4-15-10-11-5-6-13(12(14)9-11)20(18,19)16-7-8-17(2)3/h5-6,9,15-16H,4,7-8,10H2,1-3H3. The zero-order chi connectivity index (χ0) is 15.2. The summed E-state index contributed by atoms with van der Waals surface area (Å²) >= 11 is 3.34. The molecule has 0 atom stereocenters. The summed E-state index contributed by atoms with van der Waals surface area (Å²) in [5.74, 6) is 0. The van der Waals surface area contributed by atoms with Gasteiger partial charge in [-0.1, -0.05) is 13.0 Å². The quantitative estimate of drug-likeness (QED) is 0.732. The highest BCUT2D eigenvalue weighted by molar-refractivity contribution is 9.10. The van der Waals surface area contributed by atoms with Gasteiger partial charge in [0.1, 0.15) is 0 Å². The van der Waals surface area contributed by atoms with E-state index >= 15 is 0 Å². The SMILES string of the molecule is CCNCc1ccc(S(=O)(=O)NCCN(C)C)c(Br)c1. The molecule has 5 nitrogen and oxygen atoms in total. The Bertz CT molecular complexity index is 532. The second-order valence-corrected chi connectivity index (χ2v) is 7.34. The Labute approximate surface area is 129 Å². The van der Waals surface area contributed by atoms with Crippen LogP contribution in [-0.2, 0) is 16.6 Å². The van der Waals surface area contributed by atoms with Gasteiger partial charge in [-0.05, 0) is 54.3 Å². The van der Waals surface area contributed by atoms with Crippen LogP contribution < -0.4 is 10.0 Å². The van der Waals surface area contributed by atoms with Gasteiger partial charge in [-0.25, -0.2) is 13.1 Å². The molecule has 0 aliphatic heterocycles. The molecular weight excluding hydrogens is 342 g/mol. The van der Waals surface area contributed by atoms with Gasteiger partial charge in [-0.2, -0.15) is 0 Å². The van der Waals surface area contributed by atoms with Gasteiger partial charge >= 0.3 is 0 Å². The van der Waals surface area contributed by atoms with Crippen LogP contribution >= 0.6 is 15.9 Å². The Hall–Kier alpha value is -0.470. The summed E-state index contributed by atoms with van der Waals surface area (Å²) in [4.78, 5) is 2.20. The maximum atomic E-state index is 12.2. The number of nitrogens with zero attached hydrogens (tertiary/aromatic N) is 1. The molecule has 2 N–H and O–H groups in total. The van der Waals surface area contributed by atoms with Crippen LogP contribution in [0, 0.1) is 0 Å². The van der Waals surface area contributed by atoms with Gasteiger partial charge in [0.2, 0.25) is 10.0 Å². The Morgan fingerprint density at radius 1 is 1.30 bits per heavy atom. The summed E-state index contributed by atoms with van der Waals surface area (Å²) in [6, 6.07) is 5.30. The van der Waals surface area contributed by atoms with Crippen LogP contribution in [0.1, 0.15) is 12.5 Å². The lowest BCUT2D eigenvalue weighted by atomic mass is 10.2.